The van der Waals surface area contributed by atoms with Crippen LogP contribution in [-0.2, 0) is 23.2 Å². The van der Waals surface area contributed by atoms with E-state index in [-0.39, 0.29) is 24.3 Å². The van der Waals surface area contributed by atoms with E-state index in [1.165, 1.54) is 0 Å². The van der Waals surface area contributed by atoms with Gasteiger partial charge in [-0.05, 0) is 24.6 Å². The molecule has 0 radical (unpaired) electrons. The van der Waals surface area contributed by atoms with Gasteiger partial charge in [0.25, 0.3) is 0 Å². The van der Waals surface area contributed by atoms with E-state index in [1.807, 2.05) is 38.2 Å². The fraction of sp³-hybridized carbons (Fsp3) is 0.389. The highest BCUT2D eigenvalue weighted by Gasteiger charge is 2.44. The molecule has 0 aliphatic carbocycles. The molecule has 2 aromatic rings. The van der Waals surface area contributed by atoms with Gasteiger partial charge in [-0.2, -0.15) is 5.10 Å². The van der Waals surface area contributed by atoms with Gasteiger partial charge in [-0.1, -0.05) is 29.8 Å². The monoisotopic (exact) mass is 360 g/mol. The summed E-state index contributed by atoms with van der Waals surface area (Å²) in [5.74, 6) is -0.621. The van der Waals surface area contributed by atoms with Gasteiger partial charge in [-0.15, -0.1) is 0 Å². The van der Waals surface area contributed by atoms with Crippen molar-refractivity contribution in [2.45, 2.75) is 25.9 Å². The molecule has 1 N–H and O–H groups in total. The lowest BCUT2D eigenvalue weighted by atomic mass is 9.92. The van der Waals surface area contributed by atoms with Crippen LogP contribution in [0.4, 0.5) is 0 Å². The molecule has 0 unspecified atom stereocenters. The van der Waals surface area contributed by atoms with Crippen molar-refractivity contribution in [3.63, 3.8) is 0 Å². The SMILES string of the molecule is CCN1C(=O)C[C@@H](C(=O)NCc2ccnn2C)[C@@H]1c1ccccc1Cl. The first kappa shape index (κ1) is 17.5. The maximum absolute atomic E-state index is 12.8. The van der Waals surface area contributed by atoms with Crippen LogP contribution in [0.2, 0.25) is 5.02 Å². The lowest BCUT2D eigenvalue weighted by molar-refractivity contribution is -0.129. The van der Waals surface area contributed by atoms with Crippen LogP contribution in [0.3, 0.4) is 0 Å². The van der Waals surface area contributed by atoms with Crippen molar-refractivity contribution >= 4 is 23.4 Å². The van der Waals surface area contributed by atoms with Gasteiger partial charge in [-0.25, -0.2) is 0 Å². The Morgan fingerprint density at radius 2 is 2.12 bits per heavy atom. The zero-order valence-electron chi connectivity index (χ0n) is 14.3. The van der Waals surface area contributed by atoms with Crippen LogP contribution in [0.15, 0.2) is 36.5 Å². The highest BCUT2D eigenvalue weighted by molar-refractivity contribution is 6.31. The van der Waals surface area contributed by atoms with E-state index < -0.39 is 5.92 Å². The van der Waals surface area contributed by atoms with Gasteiger partial charge in [0.05, 0.1) is 24.2 Å². The molecule has 1 aromatic heterocycles. The van der Waals surface area contributed by atoms with Crippen LogP contribution in [-0.4, -0.2) is 33.0 Å². The molecule has 2 heterocycles. The summed E-state index contributed by atoms with van der Waals surface area (Å²) >= 11 is 6.34. The Kier molecular flexibility index (Phi) is 5.08. The van der Waals surface area contributed by atoms with E-state index in [2.05, 4.69) is 10.4 Å². The van der Waals surface area contributed by atoms with E-state index in [1.54, 1.807) is 21.8 Å². The fourth-order valence-electron chi connectivity index (χ4n) is 3.38. The molecular weight excluding hydrogens is 340 g/mol. The molecule has 25 heavy (non-hydrogen) atoms. The standard InChI is InChI=1S/C18H21ClN4O2/c1-3-23-16(24)10-14(17(23)13-6-4-5-7-15(13)19)18(25)20-11-12-8-9-21-22(12)2/h4-9,14,17H,3,10-11H2,1-2H3,(H,20,25)/t14-,17+/m1/s1. The molecule has 7 heteroatoms. The minimum Gasteiger partial charge on any atom is -0.350 e. The smallest absolute Gasteiger partial charge is 0.226 e. The fourth-order valence-corrected chi connectivity index (χ4v) is 3.63. The van der Waals surface area contributed by atoms with Crippen molar-refractivity contribution in [2.24, 2.45) is 13.0 Å². The molecule has 1 aliphatic heterocycles. The molecule has 3 rings (SSSR count). The number of hydrogen-bond donors (Lipinski definition) is 1. The molecule has 1 aliphatic rings. The number of aryl methyl sites for hydroxylation is 1. The van der Waals surface area contributed by atoms with Crippen molar-refractivity contribution < 1.29 is 9.59 Å². The molecule has 0 saturated carbocycles. The molecule has 2 atom stereocenters. The quantitative estimate of drug-likeness (QED) is 0.889. The van der Waals surface area contributed by atoms with Crippen LogP contribution in [0, 0.1) is 5.92 Å². The summed E-state index contributed by atoms with van der Waals surface area (Å²) in [6.07, 6.45) is 1.88. The molecule has 2 amide bonds. The number of halogens is 1. The molecule has 1 fully saturated rings. The van der Waals surface area contributed by atoms with Crippen molar-refractivity contribution in [1.82, 2.24) is 20.0 Å². The minimum atomic E-state index is -0.458. The van der Waals surface area contributed by atoms with Gasteiger partial charge < -0.3 is 10.2 Å². The predicted octanol–water partition coefficient (Wildman–Crippen LogP) is 2.30. The zero-order chi connectivity index (χ0) is 18.0. The third kappa shape index (κ3) is 3.39. The highest BCUT2D eigenvalue weighted by Crippen LogP contribution is 2.40. The van der Waals surface area contributed by atoms with Crippen LogP contribution >= 0.6 is 11.6 Å². The minimum absolute atomic E-state index is 0.0203. The second-order valence-corrected chi connectivity index (χ2v) is 6.53. The molecule has 1 saturated heterocycles. The van der Waals surface area contributed by atoms with Crippen molar-refractivity contribution in [3.05, 3.63) is 52.8 Å². The summed E-state index contributed by atoms with van der Waals surface area (Å²) in [6, 6.07) is 8.91. The molecular formula is C18H21ClN4O2. The first-order valence-corrected chi connectivity index (χ1v) is 8.69. The Bertz CT molecular complexity index is 789. The summed E-state index contributed by atoms with van der Waals surface area (Å²) in [4.78, 5) is 26.9. The van der Waals surface area contributed by atoms with E-state index in [9.17, 15) is 9.59 Å². The average Bonchev–Trinajstić information content (AvgIpc) is 3.16. The Labute approximate surface area is 151 Å². The Morgan fingerprint density at radius 1 is 1.36 bits per heavy atom. The Morgan fingerprint density at radius 3 is 2.76 bits per heavy atom. The maximum Gasteiger partial charge on any atom is 0.226 e. The third-order valence-electron chi connectivity index (χ3n) is 4.70. The highest BCUT2D eigenvalue weighted by atomic mass is 35.5. The molecule has 132 valence electrons. The van der Waals surface area contributed by atoms with Gasteiger partial charge >= 0.3 is 0 Å². The van der Waals surface area contributed by atoms with E-state index in [4.69, 9.17) is 11.6 Å². The number of carbonyl (C=O) groups is 2. The molecule has 1 aromatic carbocycles. The number of nitrogens with one attached hydrogen (secondary N) is 1. The lowest BCUT2D eigenvalue weighted by Gasteiger charge is -2.28. The van der Waals surface area contributed by atoms with Crippen molar-refractivity contribution in [1.29, 1.82) is 0 Å². The van der Waals surface area contributed by atoms with Gasteiger partial charge in [0.15, 0.2) is 0 Å². The van der Waals surface area contributed by atoms with E-state index in [0.717, 1.165) is 11.3 Å². The number of nitrogens with zero attached hydrogens (tertiary/aromatic N) is 3. The molecule has 0 bridgehead atoms. The van der Waals surface area contributed by atoms with Crippen LogP contribution in [0.25, 0.3) is 0 Å². The maximum atomic E-state index is 12.8. The number of carbonyl (C=O) groups excluding carboxylic acids is 2. The third-order valence-corrected chi connectivity index (χ3v) is 5.04. The lowest BCUT2D eigenvalue weighted by Crippen LogP contribution is -2.35. The molecule has 6 nitrogen and oxygen atoms in total. The Balaban J connectivity index is 1.83. The number of hydrogen-bond acceptors (Lipinski definition) is 3. The van der Waals surface area contributed by atoms with E-state index in [0.29, 0.717) is 18.1 Å². The normalized spacial score (nSPS) is 20.1. The van der Waals surface area contributed by atoms with Crippen LogP contribution in [0.5, 0.6) is 0 Å². The second kappa shape index (κ2) is 7.27. The summed E-state index contributed by atoms with van der Waals surface area (Å²) in [7, 11) is 1.83. The largest absolute Gasteiger partial charge is 0.350 e. The number of rotatable bonds is 5. The number of likely N-dealkylation sites (tertiary alicyclic amines) is 1. The number of aromatic nitrogens is 2. The predicted molar refractivity (Wildman–Crippen MR) is 94.7 cm³/mol. The van der Waals surface area contributed by atoms with Crippen molar-refractivity contribution in [3.8, 4) is 0 Å². The average molecular weight is 361 g/mol. The summed E-state index contributed by atoms with van der Waals surface area (Å²) in [5.41, 5.74) is 1.72. The van der Waals surface area contributed by atoms with Gasteiger partial charge in [-0.3, -0.25) is 14.3 Å². The topological polar surface area (TPSA) is 67.2 Å². The summed E-state index contributed by atoms with van der Waals surface area (Å²) < 4.78 is 1.71. The first-order valence-electron chi connectivity index (χ1n) is 8.31. The molecule has 0 spiro atoms. The summed E-state index contributed by atoms with van der Waals surface area (Å²) in [5, 5.41) is 7.59. The van der Waals surface area contributed by atoms with Crippen molar-refractivity contribution in [2.75, 3.05) is 6.54 Å². The summed E-state index contributed by atoms with van der Waals surface area (Å²) in [6.45, 7) is 2.83. The van der Waals surface area contributed by atoms with Crippen LogP contribution in [0.1, 0.15) is 30.6 Å². The first-order chi connectivity index (χ1) is 12.0. The van der Waals surface area contributed by atoms with Gasteiger partial charge in [0.1, 0.15) is 0 Å². The van der Waals surface area contributed by atoms with Crippen LogP contribution < -0.4 is 5.32 Å². The van der Waals surface area contributed by atoms with E-state index >= 15 is 0 Å². The van der Waals surface area contributed by atoms with Gasteiger partial charge in [0, 0.05) is 31.2 Å². The number of amides is 2. The van der Waals surface area contributed by atoms with Gasteiger partial charge in [0.2, 0.25) is 11.8 Å². The Hall–Kier alpha value is -2.34. The number of benzene rings is 1. The zero-order valence-corrected chi connectivity index (χ0v) is 15.0. The second-order valence-electron chi connectivity index (χ2n) is 6.12.